The molecule has 0 aliphatic carbocycles. The highest BCUT2D eigenvalue weighted by Gasteiger charge is 2.21. The van der Waals surface area contributed by atoms with Crippen molar-refractivity contribution in [3.63, 3.8) is 0 Å². The molecule has 1 aromatic carbocycles. The molecule has 0 saturated heterocycles. The molecule has 6 N–H and O–H groups in total. The lowest BCUT2D eigenvalue weighted by Gasteiger charge is -2.22. The number of nitrogens with two attached hydrogens (primary N) is 2. The van der Waals surface area contributed by atoms with Crippen LogP contribution in [0.3, 0.4) is 0 Å². The number of rotatable bonds is 12. The van der Waals surface area contributed by atoms with Gasteiger partial charge >= 0.3 is 6.61 Å². The van der Waals surface area contributed by atoms with Crippen LogP contribution in [0.15, 0.2) is 24.3 Å². The maximum Gasteiger partial charge on any atom is 0.388 e. The first-order chi connectivity index (χ1) is 16.6. The Morgan fingerprint density at radius 3 is 2.60 bits per heavy atom. The largest absolute Gasteiger partial charge is 0.415 e. The first-order valence-electron chi connectivity index (χ1n) is 10.9. The average molecular weight is 496 g/mol. The van der Waals surface area contributed by atoms with Gasteiger partial charge in [0.1, 0.15) is 5.82 Å². The summed E-state index contributed by atoms with van der Waals surface area (Å²) >= 11 is 0. The number of hydrogen-bond acceptors (Lipinski definition) is 8. The summed E-state index contributed by atoms with van der Waals surface area (Å²) in [5.41, 5.74) is 12.0. The Hall–Kier alpha value is -3.58. The van der Waals surface area contributed by atoms with Crippen molar-refractivity contribution in [1.29, 1.82) is 0 Å². The number of primary amides is 1. The van der Waals surface area contributed by atoms with Crippen LogP contribution in [0.2, 0.25) is 0 Å². The van der Waals surface area contributed by atoms with Crippen molar-refractivity contribution in [1.82, 2.24) is 14.8 Å². The number of nitrogens with zero attached hydrogens (tertiary/aromatic N) is 3. The average Bonchev–Trinajstić information content (AvgIpc) is 3.13. The van der Waals surface area contributed by atoms with Gasteiger partial charge in [-0.2, -0.15) is 8.78 Å². The number of ether oxygens (including phenoxy) is 2. The van der Waals surface area contributed by atoms with E-state index in [-0.39, 0.29) is 40.5 Å². The third kappa shape index (κ3) is 6.11. The predicted molar refractivity (Wildman–Crippen MR) is 126 cm³/mol. The van der Waals surface area contributed by atoms with Crippen molar-refractivity contribution in [2.45, 2.75) is 45.5 Å². The summed E-state index contributed by atoms with van der Waals surface area (Å²) in [5.74, 6) is -2.09. The molecule has 0 bridgehead atoms. The SMILES string of the molecule is CC[C@@H](Nc1nc(Nc2ccc3c(c2)c(OC(F)F)nn3CCOC)c(C(N)=O)cc1F)[C@H](C)N. The second kappa shape index (κ2) is 11.2. The molecule has 13 heteroatoms. The molecular weight excluding hydrogens is 467 g/mol. The van der Waals surface area contributed by atoms with Crippen LogP contribution in [-0.2, 0) is 11.3 Å². The number of fused-ring (bicyclic) bond motifs is 1. The van der Waals surface area contributed by atoms with Crippen molar-refractivity contribution in [2.75, 3.05) is 24.4 Å². The number of amides is 1. The van der Waals surface area contributed by atoms with Gasteiger partial charge in [-0.05, 0) is 37.6 Å². The first-order valence-corrected chi connectivity index (χ1v) is 10.9. The normalized spacial score (nSPS) is 13.1. The van der Waals surface area contributed by atoms with Gasteiger partial charge in [-0.25, -0.2) is 9.37 Å². The summed E-state index contributed by atoms with van der Waals surface area (Å²) in [5, 5.41) is 10.2. The highest BCUT2D eigenvalue weighted by molar-refractivity contribution is 5.99. The van der Waals surface area contributed by atoms with Crippen LogP contribution in [0.25, 0.3) is 10.9 Å². The molecular formula is C22H28F3N7O3. The van der Waals surface area contributed by atoms with Gasteiger partial charge < -0.3 is 31.6 Å². The fraction of sp³-hybridized carbons (Fsp3) is 0.409. The third-order valence-electron chi connectivity index (χ3n) is 5.33. The number of hydrogen-bond donors (Lipinski definition) is 4. The number of carbonyl (C=O) groups is 1. The number of methoxy groups -OCH3 is 1. The fourth-order valence-electron chi connectivity index (χ4n) is 3.54. The van der Waals surface area contributed by atoms with Gasteiger partial charge in [-0.1, -0.05) is 6.92 Å². The van der Waals surface area contributed by atoms with Crippen LogP contribution >= 0.6 is 0 Å². The summed E-state index contributed by atoms with van der Waals surface area (Å²) in [6.45, 7) is 1.20. The molecule has 0 spiro atoms. The van der Waals surface area contributed by atoms with E-state index in [0.717, 1.165) is 6.07 Å². The van der Waals surface area contributed by atoms with Gasteiger partial charge in [0.2, 0.25) is 5.88 Å². The zero-order valence-corrected chi connectivity index (χ0v) is 19.5. The minimum absolute atomic E-state index is 0.0246. The van der Waals surface area contributed by atoms with E-state index in [1.807, 2.05) is 6.92 Å². The van der Waals surface area contributed by atoms with Gasteiger partial charge in [0, 0.05) is 24.9 Å². The number of aromatic nitrogens is 3. The van der Waals surface area contributed by atoms with Crippen LogP contribution < -0.4 is 26.8 Å². The topological polar surface area (TPSA) is 142 Å². The van der Waals surface area contributed by atoms with Crippen molar-refractivity contribution in [3.8, 4) is 5.88 Å². The first kappa shape index (κ1) is 26.0. The molecule has 1 amide bonds. The summed E-state index contributed by atoms with van der Waals surface area (Å²) in [6, 6.07) is 5.17. The number of halogens is 3. The number of anilines is 3. The molecule has 35 heavy (non-hydrogen) atoms. The summed E-state index contributed by atoms with van der Waals surface area (Å²) in [7, 11) is 1.51. The van der Waals surface area contributed by atoms with E-state index in [1.54, 1.807) is 19.1 Å². The van der Waals surface area contributed by atoms with E-state index in [4.69, 9.17) is 16.2 Å². The van der Waals surface area contributed by atoms with Crippen LogP contribution in [0, 0.1) is 5.82 Å². The number of alkyl halides is 2. The van der Waals surface area contributed by atoms with E-state index in [2.05, 4.69) is 25.5 Å². The Morgan fingerprint density at radius 2 is 2.00 bits per heavy atom. The van der Waals surface area contributed by atoms with Gasteiger partial charge in [0.15, 0.2) is 11.6 Å². The zero-order valence-electron chi connectivity index (χ0n) is 19.5. The van der Waals surface area contributed by atoms with Crippen LogP contribution in [-0.4, -0.2) is 53.1 Å². The Bertz CT molecular complexity index is 1190. The van der Waals surface area contributed by atoms with Crippen LogP contribution in [0.1, 0.15) is 30.6 Å². The molecule has 10 nitrogen and oxygen atoms in total. The lowest BCUT2D eigenvalue weighted by Crippen LogP contribution is -2.38. The molecule has 2 atom stereocenters. The van der Waals surface area contributed by atoms with E-state index >= 15 is 0 Å². The van der Waals surface area contributed by atoms with Crippen LogP contribution in [0.4, 0.5) is 30.5 Å². The Balaban J connectivity index is 2.02. The van der Waals surface area contributed by atoms with Crippen molar-refractivity contribution in [3.05, 3.63) is 35.6 Å². The maximum atomic E-state index is 14.7. The molecule has 3 aromatic rings. The number of carbonyl (C=O) groups excluding carboxylic acids is 1. The van der Waals surface area contributed by atoms with Gasteiger partial charge in [-0.3, -0.25) is 9.48 Å². The highest BCUT2D eigenvalue weighted by Crippen LogP contribution is 2.31. The molecule has 0 unspecified atom stereocenters. The molecule has 190 valence electrons. The van der Waals surface area contributed by atoms with Gasteiger partial charge in [0.25, 0.3) is 5.91 Å². The summed E-state index contributed by atoms with van der Waals surface area (Å²) in [4.78, 5) is 16.2. The quantitative estimate of drug-likeness (QED) is 0.300. The highest BCUT2D eigenvalue weighted by atomic mass is 19.3. The van der Waals surface area contributed by atoms with Crippen molar-refractivity contribution >= 4 is 34.1 Å². The lowest BCUT2D eigenvalue weighted by atomic mass is 10.1. The molecule has 3 rings (SSSR count). The number of pyridine rings is 1. The summed E-state index contributed by atoms with van der Waals surface area (Å²) < 4.78 is 51.6. The second-order valence-electron chi connectivity index (χ2n) is 7.85. The lowest BCUT2D eigenvalue weighted by molar-refractivity contribution is -0.0523. The standard InChI is InChI=1S/C22H28F3N7O3/c1-4-16(11(2)26)29-20-15(23)10-14(18(27)33)19(30-20)28-12-5-6-17-13(9-12)21(35-22(24)25)31-32(17)7-8-34-3/h5-6,9-11,16,22H,4,7-8,26H2,1-3H3,(H2,27,33)(H2,28,29,30)/t11-,16+/m0/s1. The minimum Gasteiger partial charge on any atom is -0.415 e. The number of nitrogens with one attached hydrogen (secondary N) is 2. The zero-order chi connectivity index (χ0) is 25.7. The molecule has 0 saturated carbocycles. The van der Waals surface area contributed by atoms with Gasteiger partial charge in [-0.15, -0.1) is 5.10 Å². The van der Waals surface area contributed by atoms with Crippen molar-refractivity contribution in [2.24, 2.45) is 11.5 Å². The molecule has 0 radical (unpaired) electrons. The molecule has 0 aliphatic heterocycles. The fourth-order valence-corrected chi connectivity index (χ4v) is 3.54. The molecule has 2 heterocycles. The monoisotopic (exact) mass is 495 g/mol. The van der Waals surface area contributed by atoms with Gasteiger partial charge in [0.05, 0.1) is 29.6 Å². The van der Waals surface area contributed by atoms with E-state index in [9.17, 15) is 18.0 Å². The van der Waals surface area contributed by atoms with Crippen molar-refractivity contribution < 1.29 is 27.4 Å². The minimum atomic E-state index is -3.08. The maximum absolute atomic E-state index is 14.7. The number of benzene rings is 1. The Labute approximate surface area is 199 Å². The molecule has 0 aliphatic rings. The predicted octanol–water partition coefficient (Wildman–Crippen LogP) is 3.20. The molecule has 2 aromatic heterocycles. The second-order valence-corrected chi connectivity index (χ2v) is 7.85. The van der Waals surface area contributed by atoms with Crippen LogP contribution in [0.5, 0.6) is 5.88 Å². The molecule has 0 fully saturated rings. The Kier molecular flexibility index (Phi) is 8.35. The smallest absolute Gasteiger partial charge is 0.388 e. The van der Waals surface area contributed by atoms with E-state index < -0.39 is 18.3 Å². The third-order valence-corrected chi connectivity index (χ3v) is 5.33. The van der Waals surface area contributed by atoms with E-state index in [0.29, 0.717) is 30.8 Å². The summed E-state index contributed by atoms with van der Waals surface area (Å²) in [6.07, 6.45) is 0.607. The Morgan fingerprint density at radius 1 is 1.26 bits per heavy atom. The van der Waals surface area contributed by atoms with E-state index in [1.165, 1.54) is 17.9 Å².